The molecule has 1 N–H and O–H groups in total. The van der Waals surface area contributed by atoms with E-state index >= 15 is 0 Å². The molecule has 0 bridgehead atoms. The van der Waals surface area contributed by atoms with Crippen LogP contribution in [0, 0.1) is 6.92 Å². The van der Waals surface area contributed by atoms with Crippen molar-refractivity contribution in [2.45, 2.75) is 33.1 Å². The predicted octanol–water partition coefficient (Wildman–Crippen LogP) is 4.90. The summed E-state index contributed by atoms with van der Waals surface area (Å²) < 4.78 is 0. The molecular formula is C17H22O. The van der Waals surface area contributed by atoms with Gasteiger partial charge in [0.2, 0.25) is 0 Å². The van der Waals surface area contributed by atoms with Crippen LogP contribution in [-0.4, -0.2) is 5.11 Å². The molecule has 18 heavy (non-hydrogen) atoms. The molecule has 96 valence electrons. The Morgan fingerprint density at radius 1 is 0.944 bits per heavy atom. The van der Waals surface area contributed by atoms with E-state index in [0.29, 0.717) is 11.7 Å². The van der Waals surface area contributed by atoms with Gasteiger partial charge in [0.15, 0.2) is 0 Å². The highest BCUT2D eigenvalue weighted by atomic mass is 16.3. The zero-order valence-corrected chi connectivity index (χ0v) is 11.4. The lowest BCUT2D eigenvalue weighted by Gasteiger charge is -2.06. The maximum absolute atomic E-state index is 8.76. The number of benzene rings is 2. The molecule has 0 amide bonds. The van der Waals surface area contributed by atoms with Crippen molar-refractivity contribution in [3.8, 4) is 5.75 Å². The zero-order chi connectivity index (χ0) is 13.4. The molecule has 0 aromatic heterocycles. The van der Waals surface area contributed by atoms with Crippen molar-refractivity contribution in [3.63, 3.8) is 0 Å². The molecule has 1 atom stereocenters. The summed E-state index contributed by atoms with van der Waals surface area (Å²) in [6.45, 7) is 6.46. The second-order valence-corrected chi connectivity index (χ2v) is 4.56. The van der Waals surface area contributed by atoms with Gasteiger partial charge in [-0.3, -0.25) is 0 Å². The normalized spacial score (nSPS) is 11.3. The highest BCUT2D eigenvalue weighted by molar-refractivity contribution is 5.24. The van der Waals surface area contributed by atoms with Gasteiger partial charge in [-0.05, 0) is 37.0 Å². The fourth-order valence-corrected chi connectivity index (χ4v) is 1.56. The van der Waals surface area contributed by atoms with Gasteiger partial charge >= 0.3 is 0 Å². The number of aryl methyl sites for hydroxylation is 1. The molecule has 2 rings (SSSR count). The van der Waals surface area contributed by atoms with Crippen LogP contribution < -0.4 is 0 Å². The number of hydrogen-bond donors (Lipinski definition) is 1. The van der Waals surface area contributed by atoms with Crippen LogP contribution in [0.25, 0.3) is 0 Å². The van der Waals surface area contributed by atoms with E-state index in [9.17, 15) is 0 Å². The second kappa shape index (κ2) is 7.54. The average molecular weight is 242 g/mol. The summed E-state index contributed by atoms with van der Waals surface area (Å²) >= 11 is 0. The molecule has 0 saturated carbocycles. The quantitative estimate of drug-likeness (QED) is 0.794. The van der Waals surface area contributed by atoms with E-state index < -0.39 is 0 Å². The lowest BCUT2D eigenvalue weighted by molar-refractivity contribution is 0.475. The van der Waals surface area contributed by atoms with Crippen molar-refractivity contribution in [2.75, 3.05) is 0 Å². The Morgan fingerprint density at radius 2 is 1.50 bits per heavy atom. The largest absolute Gasteiger partial charge is 0.508 e. The van der Waals surface area contributed by atoms with Crippen molar-refractivity contribution >= 4 is 0 Å². The van der Waals surface area contributed by atoms with Gasteiger partial charge in [-0.1, -0.05) is 61.9 Å². The molecule has 0 aliphatic heterocycles. The maximum Gasteiger partial charge on any atom is 0.115 e. The lowest BCUT2D eigenvalue weighted by Crippen LogP contribution is -1.88. The smallest absolute Gasteiger partial charge is 0.115 e. The Kier molecular flexibility index (Phi) is 5.99. The first-order valence-corrected chi connectivity index (χ1v) is 6.44. The van der Waals surface area contributed by atoms with Gasteiger partial charge in [0.1, 0.15) is 5.75 Å². The number of rotatable bonds is 2. The molecule has 0 radical (unpaired) electrons. The van der Waals surface area contributed by atoms with Crippen LogP contribution in [0.3, 0.4) is 0 Å². The highest BCUT2D eigenvalue weighted by Gasteiger charge is 1.98. The summed E-state index contributed by atoms with van der Waals surface area (Å²) in [5.74, 6) is 1.04. The third-order valence-electron chi connectivity index (χ3n) is 3.01. The van der Waals surface area contributed by atoms with E-state index in [1.54, 1.807) is 12.1 Å². The fraction of sp³-hybridized carbons (Fsp3) is 0.294. The molecule has 0 spiro atoms. The maximum atomic E-state index is 8.76. The fourth-order valence-electron chi connectivity index (χ4n) is 1.56. The van der Waals surface area contributed by atoms with E-state index in [2.05, 4.69) is 44.2 Å². The van der Waals surface area contributed by atoms with E-state index in [0.717, 1.165) is 0 Å². The third kappa shape index (κ3) is 5.05. The monoisotopic (exact) mass is 242 g/mol. The number of hydrogen-bond acceptors (Lipinski definition) is 1. The van der Waals surface area contributed by atoms with Crippen molar-refractivity contribution in [3.05, 3.63) is 65.7 Å². The summed E-state index contributed by atoms with van der Waals surface area (Å²) in [5, 5.41) is 8.76. The SMILES string of the molecule is CCC(C)c1ccccc1.Cc1ccc(O)cc1. The molecule has 1 heteroatoms. The first-order valence-electron chi connectivity index (χ1n) is 6.44. The van der Waals surface area contributed by atoms with E-state index in [1.165, 1.54) is 17.5 Å². The van der Waals surface area contributed by atoms with Gasteiger partial charge in [0, 0.05) is 0 Å². The Labute approximate surface area is 110 Å². The Morgan fingerprint density at radius 3 is 1.94 bits per heavy atom. The predicted molar refractivity (Wildman–Crippen MR) is 78.0 cm³/mol. The third-order valence-corrected chi connectivity index (χ3v) is 3.01. The Hall–Kier alpha value is -1.76. The average Bonchev–Trinajstić information content (AvgIpc) is 2.43. The summed E-state index contributed by atoms with van der Waals surface area (Å²) in [4.78, 5) is 0. The van der Waals surface area contributed by atoms with Gasteiger partial charge in [0.05, 0.1) is 0 Å². The molecule has 0 aliphatic carbocycles. The van der Waals surface area contributed by atoms with Crippen LogP contribution in [0.15, 0.2) is 54.6 Å². The van der Waals surface area contributed by atoms with Crippen LogP contribution in [0.1, 0.15) is 37.3 Å². The number of aromatic hydroxyl groups is 1. The van der Waals surface area contributed by atoms with Crippen LogP contribution >= 0.6 is 0 Å². The van der Waals surface area contributed by atoms with Crippen molar-refractivity contribution in [1.82, 2.24) is 0 Å². The van der Waals surface area contributed by atoms with Crippen molar-refractivity contribution in [1.29, 1.82) is 0 Å². The molecule has 1 nitrogen and oxygen atoms in total. The van der Waals surface area contributed by atoms with Crippen LogP contribution in [-0.2, 0) is 0 Å². The molecule has 0 aliphatic rings. The van der Waals surface area contributed by atoms with Gasteiger partial charge in [-0.15, -0.1) is 0 Å². The van der Waals surface area contributed by atoms with E-state index in [1.807, 2.05) is 19.1 Å². The summed E-state index contributed by atoms with van der Waals surface area (Å²) in [6, 6.07) is 17.7. The molecule has 2 aromatic rings. The topological polar surface area (TPSA) is 20.2 Å². The lowest BCUT2D eigenvalue weighted by atomic mass is 9.99. The number of phenols is 1. The molecule has 0 heterocycles. The van der Waals surface area contributed by atoms with Crippen molar-refractivity contribution < 1.29 is 5.11 Å². The molecule has 1 unspecified atom stereocenters. The summed E-state index contributed by atoms with van der Waals surface area (Å²) in [6.07, 6.45) is 1.23. The minimum atomic E-state index is 0.329. The van der Waals surface area contributed by atoms with Gasteiger partial charge in [0.25, 0.3) is 0 Å². The number of phenolic OH excluding ortho intramolecular Hbond substituents is 1. The van der Waals surface area contributed by atoms with Gasteiger partial charge < -0.3 is 5.11 Å². The second-order valence-electron chi connectivity index (χ2n) is 4.56. The summed E-state index contributed by atoms with van der Waals surface area (Å²) in [5.41, 5.74) is 2.62. The minimum absolute atomic E-state index is 0.329. The van der Waals surface area contributed by atoms with Crippen LogP contribution in [0.2, 0.25) is 0 Å². The Balaban J connectivity index is 0.000000184. The molecular weight excluding hydrogens is 220 g/mol. The van der Waals surface area contributed by atoms with Crippen LogP contribution in [0.5, 0.6) is 5.75 Å². The van der Waals surface area contributed by atoms with Gasteiger partial charge in [-0.2, -0.15) is 0 Å². The highest BCUT2D eigenvalue weighted by Crippen LogP contribution is 2.16. The summed E-state index contributed by atoms with van der Waals surface area (Å²) in [7, 11) is 0. The Bertz CT molecular complexity index is 410. The van der Waals surface area contributed by atoms with E-state index in [4.69, 9.17) is 5.11 Å². The first kappa shape index (κ1) is 14.3. The molecule has 2 aromatic carbocycles. The van der Waals surface area contributed by atoms with Gasteiger partial charge in [-0.25, -0.2) is 0 Å². The van der Waals surface area contributed by atoms with Crippen LogP contribution in [0.4, 0.5) is 0 Å². The molecule has 0 fully saturated rings. The van der Waals surface area contributed by atoms with E-state index in [-0.39, 0.29) is 0 Å². The minimum Gasteiger partial charge on any atom is -0.508 e. The standard InChI is InChI=1S/C10H14.C7H8O/c1-3-9(2)10-7-5-4-6-8-10;1-6-2-4-7(8)5-3-6/h4-9H,3H2,1-2H3;2-5,8H,1H3. The first-order chi connectivity index (χ1) is 8.63. The molecule has 0 saturated heterocycles. The zero-order valence-electron chi connectivity index (χ0n) is 11.4. The van der Waals surface area contributed by atoms with Crippen molar-refractivity contribution in [2.24, 2.45) is 0 Å².